The van der Waals surface area contributed by atoms with Crippen molar-refractivity contribution < 1.29 is 9.13 Å². The van der Waals surface area contributed by atoms with Crippen LogP contribution in [0, 0.1) is 12.7 Å². The zero-order valence-corrected chi connectivity index (χ0v) is 18.2. The van der Waals surface area contributed by atoms with Gasteiger partial charge in [0, 0.05) is 18.7 Å². The van der Waals surface area contributed by atoms with Crippen molar-refractivity contribution in [1.82, 2.24) is 34.8 Å². The molecule has 5 rings (SSSR count). The molecule has 12 heteroatoms. The van der Waals surface area contributed by atoms with Gasteiger partial charge >= 0.3 is 0 Å². The first-order valence-electron chi connectivity index (χ1n) is 9.74. The average Bonchev–Trinajstić information content (AvgIpc) is 3.42. The Balaban J connectivity index is 1.39. The number of nitrogens with zero attached hydrogens (tertiary/aromatic N) is 7. The molecule has 1 aliphatic heterocycles. The summed E-state index contributed by atoms with van der Waals surface area (Å²) in [5.74, 6) is 1.86. The highest BCUT2D eigenvalue weighted by Crippen LogP contribution is 2.23. The summed E-state index contributed by atoms with van der Waals surface area (Å²) in [5, 5.41) is 14.7. The van der Waals surface area contributed by atoms with Crippen LogP contribution in [0.3, 0.4) is 0 Å². The lowest BCUT2D eigenvalue weighted by molar-refractivity contribution is 0.122. The third kappa shape index (κ3) is 3.95. The predicted octanol–water partition coefficient (Wildman–Crippen LogP) is 2.57. The van der Waals surface area contributed by atoms with Crippen LogP contribution in [0.4, 0.5) is 16.3 Å². The summed E-state index contributed by atoms with van der Waals surface area (Å²) in [6, 6.07) is 4.93. The molecule has 0 amide bonds. The van der Waals surface area contributed by atoms with Gasteiger partial charge in [-0.3, -0.25) is 5.10 Å². The Hall–Kier alpha value is -3.12. The molecule has 4 heterocycles. The molecule has 4 aromatic rings. The number of benzene rings is 1. The summed E-state index contributed by atoms with van der Waals surface area (Å²) in [7, 11) is 0. The molecule has 0 atom stereocenters. The molecule has 1 aromatic carbocycles. The van der Waals surface area contributed by atoms with Crippen molar-refractivity contribution in [1.29, 1.82) is 0 Å². The van der Waals surface area contributed by atoms with Gasteiger partial charge in [-0.1, -0.05) is 12.1 Å². The molecule has 0 unspecified atom stereocenters. The van der Waals surface area contributed by atoms with Gasteiger partial charge in [0.2, 0.25) is 11.9 Å². The van der Waals surface area contributed by atoms with E-state index in [4.69, 9.17) is 4.74 Å². The number of fused-ring (bicyclic) bond motifs is 1. The van der Waals surface area contributed by atoms with E-state index in [0.717, 1.165) is 17.6 Å². The molecule has 1 aliphatic rings. The second-order valence-electron chi connectivity index (χ2n) is 7.10. The topological polar surface area (TPSA) is 109 Å². The molecule has 2 N–H and O–H groups in total. The smallest absolute Gasteiger partial charge is 0.230 e. The van der Waals surface area contributed by atoms with Crippen molar-refractivity contribution in [3.8, 4) is 11.4 Å². The number of halogens is 2. The van der Waals surface area contributed by atoms with Gasteiger partial charge in [-0.2, -0.15) is 24.7 Å². The van der Waals surface area contributed by atoms with Crippen LogP contribution in [0.25, 0.3) is 17.0 Å². The molecule has 0 radical (unpaired) electrons. The van der Waals surface area contributed by atoms with E-state index in [0.29, 0.717) is 60.1 Å². The van der Waals surface area contributed by atoms with Crippen LogP contribution >= 0.6 is 15.9 Å². The molecule has 31 heavy (non-hydrogen) atoms. The maximum atomic E-state index is 13.9. The minimum absolute atomic E-state index is 0.287. The van der Waals surface area contributed by atoms with E-state index in [9.17, 15) is 4.39 Å². The molecule has 0 aliphatic carbocycles. The molecule has 0 bridgehead atoms. The second-order valence-corrected chi connectivity index (χ2v) is 7.95. The van der Waals surface area contributed by atoms with E-state index in [-0.39, 0.29) is 5.82 Å². The van der Waals surface area contributed by atoms with Crippen molar-refractivity contribution >= 4 is 33.5 Å². The Labute approximate surface area is 185 Å². The van der Waals surface area contributed by atoms with Gasteiger partial charge in [0.05, 0.1) is 30.4 Å². The minimum Gasteiger partial charge on any atom is -0.378 e. The Kier molecular flexibility index (Phi) is 5.24. The number of aryl methyl sites for hydroxylation is 1. The summed E-state index contributed by atoms with van der Waals surface area (Å²) < 4.78 is 21.7. The van der Waals surface area contributed by atoms with Gasteiger partial charge < -0.3 is 15.0 Å². The van der Waals surface area contributed by atoms with Crippen molar-refractivity contribution in [2.45, 2.75) is 13.5 Å². The third-order valence-electron chi connectivity index (χ3n) is 4.98. The van der Waals surface area contributed by atoms with E-state index in [1.165, 1.54) is 6.07 Å². The number of rotatable bonds is 5. The summed E-state index contributed by atoms with van der Waals surface area (Å²) in [5.41, 5.74) is 1.85. The fraction of sp³-hybridized carbons (Fsp3) is 0.316. The van der Waals surface area contributed by atoms with Crippen molar-refractivity contribution in [2.75, 3.05) is 36.5 Å². The van der Waals surface area contributed by atoms with Crippen molar-refractivity contribution in [3.63, 3.8) is 0 Å². The summed E-state index contributed by atoms with van der Waals surface area (Å²) in [6.07, 6.45) is 1.68. The van der Waals surface area contributed by atoms with Crippen molar-refractivity contribution in [2.24, 2.45) is 0 Å². The molecule has 1 fully saturated rings. The van der Waals surface area contributed by atoms with Crippen molar-refractivity contribution in [3.05, 3.63) is 46.1 Å². The molecular formula is C19H19BrFN9O. The fourth-order valence-corrected chi connectivity index (χ4v) is 3.61. The van der Waals surface area contributed by atoms with Crippen LogP contribution in [0.2, 0.25) is 0 Å². The first-order valence-corrected chi connectivity index (χ1v) is 10.5. The first-order chi connectivity index (χ1) is 15.1. The number of aromatic nitrogens is 7. The van der Waals surface area contributed by atoms with Gasteiger partial charge in [0.25, 0.3) is 0 Å². The molecule has 0 saturated carbocycles. The van der Waals surface area contributed by atoms with E-state index in [2.05, 4.69) is 56.4 Å². The maximum Gasteiger partial charge on any atom is 0.230 e. The number of hydrogen-bond acceptors (Lipinski definition) is 8. The van der Waals surface area contributed by atoms with Gasteiger partial charge in [-0.15, -0.1) is 0 Å². The average molecular weight is 488 g/mol. The van der Waals surface area contributed by atoms with E-state index in [1.54, 1.807) is 29.8 Å². The number of anilines is 2. The Morgan fingerprint density at radius 2 is 2.06 bits per heavy atom. The van der Waals surface area contributed by atoms with Crippen LogP contribution in [-0.2, 0) is 11.3 Å². The molecule has 1 saturated heterocycles. The summed E-state index contributed by atoms with van der Waals surface area (Å²) >= 11 is 3.49. The number of H-pyrrole nitrogens is 1. The highest BCUT2D eigenvalue weighted by atomic mass is 79.9. The van der Waals surface area contributed by atoms with Crippen LogP contribution in [0.15, 0.2) is 28.9 Å². The number of morpholine rings is 1. The zero-order chi connectivity index (χ0) is 21.4. The molecule has 10 nitrogen and oxygen atoms in total. The lowest BCUT2D eigenvalue weighted by atomic mass is 10.1. The quantitative estimate of drug-likeness (QED) is 0.442. The number of nitrogens with one attached hydrogen (secondary N) is 2. The van der Waals surface area contributed by atoms with Gasteiger partial charge in [0.1, 0.15) is 11.6 Å². The monoisotopic (exact) mass is 487 g/mol. The van der Waals surface area contributed by atoms with Crippen LogP contribution in [0.5, 0.6) is 0 Å². The largest absolute Gasteiger partial charge is 0.378 e. The highest BCUT2D eigenvalue weighted by Gasteiger charge is 2.19. The first kappa shape index (κ1) is 19.8. The van der Waals surface area contributed by atoms with Gasteiger partial charge in [-0.25, -0.2) is 9.37 Å². The number of hydrogen-bond donors (Lipinski definition) is 2. The van der Waals surface area contributed by atoms with Gasteiger partial charge in [-0.05, 0) is 34.5 Å². The SMILES string of the molecule is Cc1ccc(-c2n[nH]c(CNc3nc(N4CCOCC4)nc4c(Br)cnn34)n2)cc1F. The lowest BCUT2D eigenvalue weighted by Gasteiger charge is -2.27. The number of aromatic amines is 1. The maximum absolute atomic E-state index is 13.9. The van der Waals surface area contributed by atoms with E-state index >= 15 is 0 Å². The Morgan fingerprint density at radius 3 is 2.87 bits per heavy atom. The van der Waals surface area contributed by atoms with Crippen LogP contribution < -0.4 is 10.2 Å². The zero-order valence-electron chi connectivity index (χ0n) is 16.6. The molecule has 160 valence electrons. The normalized spacial score (nSPS) is 14.4. The fourth-order valence-electron chi connectivity index (χ4n) is 3.26. The van der Waals surface area contributed by atoms with E-state index < -0.39 is 0 Å². The summed E-state index contributed by atoms with van der Waals surface area (Å²) in [4.78, 5) is 15.8. The van der Waals surface area contributed by atoms with Gasteiger partial charge in [0.15, 0.2) is 11.5 Å². The predicted molar refractivity (Wildman–Crippen MR) is 115 cm³/mol. The minimum atomic E-state index is -0.287. The standard InChI is InChI=1S/C19H19BrFN9O/c1-11-2-3-12(8-14(11)21)16-24-15(27-28-16)10-22-18-26-19(29-4-6-31-7-5-29)25-17-13(20)9-23-30(17)18/h2-3,8-9H,4-7,10H2,1H3,(H,22,25,26)(H,24,27,28). The van der Waals surface area contributed by atoms with E-state index in [1.807, 2.05) is 0 Å². The van der Waals surface area contributed by atoms with Crippen LogP contribution in [-0.4, -0.2) is 61.1 Å². The van der Waals surface area contributed by atoms with Crippen LogP contribution in [0.1, 0.15) is 11.4 Å². The Bertz CT molecular complexity index is 1230. The molecule has 3 aromatic heterocycles. The number of ether oxygens (including phenoxy) is 1. The molecule has 0 spiro atoms. The Morgan fingerprint density at radius 1 is 1.23 bits per heavy atom. The second kappa shape index (κ2) is 8.19. The third-order valence-corrected chi connectivity index (χ3v) is 5.54. The summed E-state index contributed by atoms with van der Waals surface area (Å²) in [6.45, 7) is 4.76. The lowest BCUT2D eigenvalue weighted by Crippen LogP contribution is -2.37. The molecular weight excluding hydrogens is 469 g/mol. The highest BCUT2D eigenvalue weighted by molar-refractivity contribution is 9.10.